The van der Waals surface area contributed by atoms with Crippen molar-refractivity contribution in [2.45, 2.75) is 70.1 Å². The summed E-state index contributed by atoms with van der Waals surface area (Å²) in [6, 6.07) is 104. The van der Waals surface area contributed by atoms with Gasteiger partial charge in [0.1, 0.15) is 21.1 Å². The Labute approximate surface area is 612 Å². The van der Waals surface area contributed by atoms with Crippen LogP contribution in [0.3, 0.4) is 0 Å². The number of fused-ring (bicyclic) bond motifs is 6. The summed E-state index contributed by atoms with van der Waals surface area (Å²) in [5.41, 5.74) is 41.8. The standard InChI is InChI=1S/C36H25N2O.C33H28N.C31H24N/c1-20-13-14-25-26-12-7-17-37-36(26)39-35(25)31(20)30-16-15-27-32-23-10-5-6-11-24(23)33(34(27)38(30)2)29-19-22-9-4-3-8-21(22)18-28(29)32;1-19-15-20(2)21(3)27(16-19)30-14-13-26-31-24-11-7-8-12-25(24)32(33(26)34(30)4)29-18-23-10-6-5-9-22(23)17-28(29)31;1-19-9-3-6-12-22(19)28-16-15-25-29-23-13-7-8-14-24(23)30(31(25)32(28)2)27-18-21-11-5-4-10-20(21)17-26(27)29/h3-19,32-33H,1-2H3;5-18,31-32H,1-4H3;3-18,29-30H,1-2H3/q3*+1. The van der Waals surface area contributed by atoms with E-state index >= 15 is 0 Å². The summed E-state index contributed by atoms with van der Waals surface area (Å²) in [5.74, 6) is 1.52. The molecule has 6 bridgehead atoms. The van der Waals surface area contributed by atoms with E-state index in [9.17, 15) is 0 Å². The number of furan rings is 1. The number of aryl methyl sites for hydroxylation is 4. The van der Waals surface area contributed by atoms with Crippen molar-refractivity contribution >= 4 is 54.4 Å². The van der Waals surface area contributed by atoms with Gasteiger partial charge in [-0.25, -0.2) is 4.98 Å². The number of pyridine rings is 4. The molecule has 500 valence electrons. The van der Waals surface area contributed by atoms with Crippen molar-refractivity contribution in [3.63, 3.8) is 0 Å². The Balaban J connectivity index is 0.000000102. The Bertz CT molecular complexity index is 6650. The Morgan fingerprint density at radius 3 is 1.09 bits per heavy atom. The third kappa shape index (κ3) is 8.94. The Hall–Kier alpha value is -12.2. The Morgan fingerprint density at radius 1 is 0.276 bits per heavy atom. The summed E-state index contributed by atoms with van der Waals surface area (Å²) in [6.07, 6.45) is 1.80. The van der Waals surface area contributed by atoms with Gasteiger partial charge in [0.15, 0.2) is 22.7 Å². The number of rotatable bonds is 3. The molecule has 0 N–H and O–H groups in total. The van der Waals surface area contributed by atoms with Crippen LogP contribution in [0.1, 0.15) is 164 Å². The van der Waals surface area contributed by atoms with E-state index in [1.165, 1.54) is 189 Å². The number of nitrogens with zero attached hydrogens (tertiary/aromatic N) is 4. The molecule has 9 aliphatic carbocycles. The van der Waals surface area contributed by atoms with Crippen molar-refractivity contribution in [2.75, 3.05) is 0 Å². The van der Waals surface area contributed by atoms with Gasteiger partial charge in [0.05, 0.1) is 23.3 Å². The molecule has 5 heterocycles. The minimum absolute atomic E-state index is 0.183. The lowest BCUT2D eigenvalue weighted by Crippen LogP contribution is -2.44. The van der Waals surface area contributed by atoms with E-state index in [1.807, 2.05) is 6.07 Å². The molecule has 105 heavy (non-hydrogen) atoms. The van der Waals surface area contributed by atoms with Crippen molar-refractivity contribution in [1.82, 2.24) is 4.98 Å². The summed E-state index contributed by atoms with van der Waals surface area (Å²) in [5, 5.41) is 10.1. The van der Waals surface area contributed by atoms with Gasteiger partial charge in [-0.15, -0.1) is 0 Å². The van der Waals surface area contributed by atoms with Crippen molar-refractivity contribution in [3.8, 4) is 33.8 Å². The van der Waals surface area contributed by atoms with Crippen LogP contribution in [-0.4, -0.2) is 4.98 Å². The lowest BCUT2D eigenvalue weighted by atomic mass is 9.62. The van der Waals surface area contributed by atoms with E-state index in [1.54, 1.807) is 6.20 Å². The molecule has 0 amide bonds. The lowest BCUT2D eigenvalue weighted by molar-refractivity contribution is -0.669. The molecule has 26 rings (SSSR count). The SMILES string of the molecule is Cc1cc(C)c(C)c(-c2ccc3c([n+]2C)C2c4ccccc4C3c3cc4ccccc4cc32)c1.Cc1ccc2c(oc3ncccc32)c1-c1ccc2c([n+]1C)C1c3ccccc3C2c2cc3ccccc3cc21.Cc1ccccc1-c1ccc2c([n+]1C)C1c3ccccc3C2c2cc3ccccc3cc21. The van der Waals surface area contributed by atoms with Crippen LogP contribution >= 0.6 is 0 Å². The molecule has 0 fully saturated rings. The second-order valence-electron chi connectivity index (χ2n) is 30.5. The van der Waals surface area contributed by atoms with Gasteiger partial charge < -0.3 is 4.42 Å². The van der Waals surface area contributed by atoms with Crippen LogP contribution in [0.25, 0.3) is 88.2 Å². The molecule has 0 saturated carbocycles. The van der Waals surface area contributed by atoms with E-state index in [-0.39, 0.29) is 29.6 Å². The van der Waals surface area contributed by atoms with Gasteiger partial charge in [-0.2, -0.15) is 13.7 Å². The minimum atomic E-state index is 0.183. The highest BCUT2D eigenvalue weighted by Crippen LogP contribution is 2.59. The van der Waals surface area contributed by atoms with Gasteiger partial charge in [-0.1, -0.05) is 188 Å². The van der Waals surface area contributed by atoms with E-state index in [0.29, 0.717) is 11.6 Å². The average molecular weight is 1350 g/mol. The quantitative estimate of drug-likeness (QED) is 0.165. The van der Waals surface area contributed by atoms with Crippen LogP contribution in [0.5, 0.6) is 0 Å². The number of benzene rings is 12. The zero-order chi connectivity index (χ0) is 70.4. The summed E-state index contributed by atoms with van der Waals surface area (Å²) in [7, 11) is 6.76. The first-order chi connectivity index (χ1) is 51.4. The minimum Gasteiger partial charge on any atom is -0.437 e. The average Bonchev–Trinajstić information content (AvgIpc) is 1.15. The summed E-state index contributed by atoms with van der Waals surface area (Å²) in [4.78, 5) is 4.51. The molecular weight excluding hydrogens is 1270 g/mol. The van der Waals surface area contributed by atoms with Crippen LogP contribution in [-0.2, 0) is 21.1 Å². The largest absolute Gasteiger partial charge is 0.437 e. The smallest absolute Gasteiger partial charge is 0.227 e. The Morgan fingerprint density at radius 2 is 0.648 bits per heavy atom. The molecule has 6 unspecified atom stereocenters. The van der Waals surface area contributed by atoms with Crippen LogP contribution in [0.2, 0.25) is 0 Å². The first-order valence-corrected chi connectivity index (χ1v) is 37.3. The monoisotopic (exact) mass is 1350 g/mol. The van der Waals surface area contributed by atoms with E-state index < -0.39 is 0 Å². The normalized spacial score (nSPS) is 17.3. The van der Waals surface area contributed by atoms with Gasteiger partial charge in [0.25, 0.3) is 0 Å². The fourth-order valence-corrected chi connectivity index (χ4v) is 20.3. The zero-order valence-corrected chi connectivity index (χ0v) is 60.3. The van der Waals surface area contributed by atoms with Gasteiger partial charge in [-0.3, -0.25) is 0 Å². The fraction of sp³-hybridized carbons (Fsp3) is 0.140. The molecule has 6 atom stereocenters. The molecular formula is C100H77N4O+3. The first kappa shape index (κ1) is 61.5. The highest BCUT2D eigenvalue weighted by Gasteiger charge is 2.50. The lowest BCUT2D eigenvalue weighted by Gasteiger charge is -2.40. The molecule has 5 aromatic heterocycles. The predicted molar refractivity (Wildman–Crippen MR) is 425 cm³/mol. The van der Waals surface area contributed by atoms with Crippen molar-refractivity contribution in [1.29, 1.82) is 0 Å². The molecule has 0 aliphatic heterocycles. The number of hydrogen-bond acceptors (Lipinski definition) is 2. The number of aromatic nitrogens is 4. The van der Waals surface area contributed by atoms with Gasteiger partial charge in [-0.05, 0) is 235 Å². The molecule has 0 radical (unpaired) electrons. The fourth-order valence-electron chi connectivity index (χ4n) is 20.3. The predicted octanol–water partition coefficient (Wildman–Crippen LogP) is 21.8. The summed E-state index contributed by atoms with van der Waals surface area (Å²) >= 11 is 0. The second-order valence-corrected chi connectivity index (χ2v) is 30.5. The van der Waals surface area contributed by atoms with E-state index in [2.05, 4.69) is 347 Å². The molecule has 0 saturated heterocycles. The highest BCUT2D eigenvalue weighted by atomic mass is 16.3. The van der Waals surface area contributed by atoms with Gasteiger partial charge >= 0.3 is 0 Å². The zero-order valence-electron chi connectivity index (χ0n) is 60.3. The molecule has 5 nitrogen and oxygen atoms in total. The van der Waals surface area contributed by atoms with Crippen molar-refractivity contribution < 1.29 is 18.1 Å². The van der Waals surface area contributed by atoms with Crippen LogP contribution in [0.15, 0.2) is 290 Å². The maximum absolute atomic E-state index is 6.42. The van der Waals surface area contributed by atoms with Crippen LogP contribution in [0, 0.1) is 34.6 Å². The molecule has 17 aromatic rings. The van der Waals surface area contributed by atoms with Gasteiger partial charge in [0.2, 0.25) is 22.8 Å². The third-order valence-corrected chi connectivity index (χ3v) is 25.0. The molecule has 5 heteroatoms. The van der Waals surface area contributed by atoms with Crippen molar-refractivity contribution in [2.24, 2.45) is 21.1 Å². The maximum Gasteiger partial charge on any atom is 0.227 e. The first-order valence-electron chi connectivity index (χ1n) is 37.3. The summed E-state index contributed by atoms with van der Waals surface area (Å²) in [6.45, 7) is 11.1. The van der Waals surface area contributed by atoms with E-state index in [0.717, 1.165) is 21.9 Å². The second kappa shape index (κ2) is 23.2. The van der Waals surface area contributed by atoms with Crippen molar-refractivity contribution in [3.05, 3.63) is 414 Å². The third-order valence-electron chi connectivity index (χ3n) is 25.0. The van der Waals surface area contributed by atoms with Crippen LogP contribution in [0.4, 0.5) is 0 Å². The topological polar surface area (TPSA) is 37.7 Å². The number of hydrogen-bond donors (Lipinski definition) is 0. The molecule has 0 spiro atoms. The van der Waals surface area contributed by atoms with Crippen LogP contribution < -0.4 is 13.7 Å². The highest BCUT2D eigenvalue weighted by molar-refractivity contribution is 6.09. The summed E-state index contributed by atoms with van der Waals surface area (Å²) < 4.78 is 13.8. The Kier molecular flexibility index (Phi) is 13.6. The van der Waals surface area contributed by atoms with E-state index in [4.69, 9.17) is 4.42 Å². The van der Waals surface area contributed by atoms with Gasteiger partial charge in [0, 0.05) is 80.7 Å². The molecule has 9 aliphatic rings. The maximum atomic E-state index is 6.42. The molecule has 12 aromatic carbocycles.